The first-order valence-electron chi connectivity index (χ1n) is 7.52. The minimum Gasteiger partial charge on any atom is -0.444 e. The van der Waals surface area contributed by atoms with Gasteiger partial charge in [0, 0.05) is 11.3 Å². The molecule has 5 heteroatoms. The summed E-state index contributed by atoms with van der Waals surface area (Å²) < 4.78 is 5.45. The summed E-state index contributed by atoms with van der Waals surface area (Å²) in [4.78, 5) is 16.5. The van der Waals surface area contributed by atoms with E-state index in [1.54, 1.807) is 6.26 Å². The quantitative estimate of drug-likeness (QED) is 0.888. The van der Waals surface area contributed by atoms with E-state index in [4.69, 9.17) is 10.2 Å². The SMILES string of the molecule is CCC(C)C(N)C(=O)Nc1ccc(C)c(-c2nc(C)co2)c1. The fourth-order valence-electron chi connectivity index (χ4n) is 2.15. The van der Waals surface area contributed by atoms with Gasteiger partial charge in [0.25, 0.3) is 0 Å². The third-order valence-electron chi connectivity index (χ3n) is 3.91. The van der Waals surface area contributed by atoms with Crippen molar-refractivity contribution in [1.82, 2.24) is 4.98 Å². The number of benzene rings is 1. The smallest absolute Gasteiger partial charge is 0.241 e. The molecule has 1 aromatic heterocycles. The van der Waals surface area contributed by atoms with E-state index in [9.17, 15) is 4.79 Å². The van der Waals surface area contributed by atoms with Gasteiger partial charge in [0.1, 0.15) is 6.26 Å². The highest BCUT2D eigenvalue weighted by atomic mass is 16.3. The molecule has 118 valence electrons. The molecule has 2 atom stereocenters. The Labute approximate surface area is 130 Å². The molecule has 1 amide bonds. The third kappa shape index (κ3) is 3.54. The number of carbonyl (C=O) groups excluding carboxylic acids is 1. The number of rotatable bonds is 5. The first-order valence-corrected chi connectivity index (χ1v) is 7.52. The van der Waals surface area contributed by atoms with Crippen LogP contribution in [-0.4, -0.2) is 16.9 Å². The van der Waals surface area contributed by atoms with Crippen molar-refractivity contribution in [2.75, 3.05) is 5.32 Å². The Kier molecular flexibility index (Phi) is 4.98. The second-order valence-corrected chi connectivity index (χ2v) is 5.72. The highest BCUT2D eigenvalue weighted by Crippen LogP contribution is 2.26. The molecule has 0 aliphatic heterocycles. The van der Waals surface area contributed by atoms with E-state index in [0.717, 1.165) is 23.2 Å². The van der Waals surface area contributed by atoms with Crippen LogP contribution in [0.4, 0.5) is 5.69 Å². The number of aromatic nitrogens is 1. The topological polar surface area (TPSA) is 81.2 Å². The highest BCUT2D eigenvalue weighted by molar-refractivity contribution is 5.95. The molecule has 0 saturated heterocycles. The van der Waals surface area contributed by atoms with Gasteiger partial charge in [0.05, 0.1) is 11.7 Å². The minimum atomic E-state index is -0.515. The van der Waals surface area contributed by atoms with Gasteiger partial charge in [-0.2, -0.15) is 0 Å². The van der Waals surface area contributed by atoms with Crippen molar-refractivity contribution >= 4 is 11.6 Å². The summed E-state index contributed by atoms with van der Waals surface area (Å²) in [6.07, 6.45) is 2.47. The molecule has 5 nitrogen and oxygen atoms in total. The van der Waals surface area contributed by atoms with Crippen LogP contribution in [0, 0.1) is 19.8 Å². The van der Waals surface area contributed by atoms with Crippen LogP contribution in [-0.2, 0) is 4.79 Å². The molecule has 0 bridgehead atoms. The van der Waals surface area contributed by atoms with Crippen LogP contribution in [0.15, 0.2) is 28.9 Å². The van der Waals surface area contributed by atoms with Gasteiger partial charge in [0.15, 0.2) is 0 Å². The van der Waals surface area contributed by atoms with Gasteiger partial charge in [-0.15, -0.1) is 0 Å². The molecular formula is C17H23N3O2. The average Bonchev–Trinajstić information content (AvgIpc) is 2.93. The maximum absolute atomic E-state index is 12.2. The maximum Gasteiger partial charge on any atom is 0.241 e. The Morgan fingerprint density at radius 2 is 2.14 bits per heavy atom. The molecule has 1 heterocycles. The summed E-state index contributed by atoms with van der Waals surface area (Å²) in [6.45, 7) is 7.84. The zero-order valence-electron chi connectivity index (χ0n) is 13.5. The van der Waals surface area contributed by atoms with E-state index in [-0.39, 0.29) is 11.8 Å². The van der Waals surface area contributed by atoms with E-state index >= 15 is 0 Å². The summed E-state index contributed by atoms with van der Waals surface area (Å²) in [5.74, 6) is 0.518. The zero-order chi connectivity index (χ0) is 16.3. The number of nitrogens with two attached hydrogens (primary N) is 1. The number of amides is 1. The van der Waals surface area contributed by atoms with E-state index in [0.29, 0.717) is 11.6 Å². The number of nitrogens with zero attached hydrogens (tertiary/aromatic N) is 1. The lowest BCUT2D eigenvalue weighted by molar-refractivity contribution is -0.118. The van der Waals surface area contributed by atoms with Gasteiger partial charge in [-0.05, 0) is 37.5 Å². The fourth-order valence-corrected chi connectivity index (χ4v) is 2.15. The van der Waals surface area contributed by atoms with Crippen molar-refractivity contribution in [3.05, 3.63) is 35.7 Å². The monoisotopic (exact) mass is 301 g/mol. The average molecular weight is 301 g/mol. The second kappa shape index (κ2) is 6.75. The van der Waals surface area contributed by atoms with Gasteiger partial charge in [-0.1, -0.05) is 26.3 Å². The Balaban J connectivity index is 2.21. The number of hydrogen-bond donors (Lipinski definition) is 2. The second-order valence-electron chi connectivity index (χ2n) is 5.72. The van der Waals surface area contributed by atoms with Crippen molar-refractivity contribution in [1.29, 1.82) is 0 Å². The van der Waals surface area contributed by atoms with Gasteiger partial charge in [-0.3, -0.25) is 4.79 Å². The van der Waals surface area contributed by atoms with E-state index in [2.05, 4.69) is 10.3 Å². The number of carbonyl (C=O) groups is 1. The number of anilines is 1. The molecule has 2 rings (SSSR count). The lowest BCUT2D eigenvalue weighted by Crippen LogP contribution is -2.40. The van der Waals surface area contributed by atoms with Crippen molar-refractivity contribution in [3.8, 4) is 11.5 Å². The molecule has 1 aromatic carbocycles. The zero-order valence-corrected chi connectivity index (χ0v) is 13.5. The summed E-state index contributed by atoms with van der Waals surface area (Å²) in [6, 6.07) is 5.13. The van der Waals surface area contributed by atoms with Crippen molar-refractivity contribution < 1.29 is 9.21 Å². The van der Waals surface area contributed by atoms with Gasteiger partial charge in [0.2, 0.25) is 11.8 Å². The first kappa shape index (κ1) is 16.2. The molecule has 0 spiro atoms. The van der Waals surface area contributed by atoms with Crippen LogP contribution in [0.25, 0.3) is 11.5 Å². The van der Waals surface area contributed by atoms with Gasteiger partial charge in [-0.25, -0.2) is 4.98 Å². The Morgan fingerprint density at radius 3 is 2.73 bits per heavy atom. The molecular weight excluding hydrogens is 278 g/mol. The van der Waals surface area contributed by atoms with Gasteiger partial charge < -0.3 is 15.5 Å². The molecule has 2 unspecified atom stereocenters. The molecule has 0 aliphatic rings. The van der Waals surface area contributed by atoms with E-state index in [1.165, 1.54) is 0 Å². The van der Waals surface area contributed by atoms with Crippen LogP contribution in [0.3, 0.4) is 0 Å². The van der Waals surface area contributed by atoms with Crippen molar-refractivity contribution in [2.24, 2.45) is 11.7 Å². The third-order valence-corrected chi connectivity index (χ3v) is 3.91. The Hall–Kier alpha value is -2.14. The minimum absolute atomic E-state index is 0.138. The summed E-state index contributed by atoms with van der Waals surface area (Å²) >= 11 is 0. The van der Waals surface area contributed by atoms with Gasteiger partial charge >= 0.3 is 0 Å². The molecule has 0 aliphatic carbocycles. The number of nitrogens with one attached hydrogen (secondary N) is 1. The van der Waals surface area contributed by atoms with Crippen LogP contribution in [0.5, 0.6) is 0 Å². The van der Waals surface area contributed by atoms with Crippen LogP contribution >= 0.6 is 0 Å². The maximum atomic E-state index is 12.2. The molecule has 22 heavy (non-hydrogen) atoms. The molecule has 3 N–H and O–H groups in total. The van der Waals surface area contributed by atoms with E-state index < -0.39 is 6.04 Å². The predicted molar refractivity (Wildman–Crippen MR) is 87.5 cm³/mol. The lowest BCUT2D eigenvalue weighted by Gasteiger charge is -2.18. The molecule has 0 radical (unpaired) electrons. The van der Waals surface area contributed by atoms with Crippen molar-refractivity contribution in [3.63, 3.8) is 0 Å². The fraction of sp³-hybridized carbons (Fsp3) is 0.412. The van der Waals surface area contributed by atoms with E-state index in [1.807, 2.05) is 45.9 Å². The molecule has 0 fully saturated rings. The normalized spacial score (nSPS) is 13.7. The first-order chi connectivity index (χ1) is 10.4. The predicted octanol–water partition coefficient (Wildman–Crippen LogP) is 3.27. The number of oxazole rings is 1. The standard InChI is InChI=1S/C17H23N3O2/c1-5-10(2)15(18)16(21)20-13-7-6-11(3)14(8-13)17-19-12(4)9-22-17/h6-10,15H,5,18H2,1-4H3,(H,20,21). The van der Waals surface area contributed by atoms with Crippen LogP contribution < -0.4 is 11.1 Å². The molecule has 0 saturated carbocycles. The Bertz CT molecular complexity index is 664. The summed E-state index contributed by atoms with van der Waals surface area (Å²) in [7, 11) is 0. The van der Waals surface area contributed by atoms with Crippen LogP contribution in [0.2, 0.25) is 0 Å². The molecule has 2 aromatic rings. The highest BCUT2D eigenvalue weighted by Gasteiger charge is 2.20. The summed E-state index contributed by atoms with van der Waals surface area (Å²) in [5.41, 5.74) is 9.37. The lowest BCUT2D eigenvalue weighted by atomic mass is 9.99. The number of aryl methyl sites for hydroxylation is 2. The van der Waals surface area contributed by atoms with Crippen LogP contribution in [0.1, 0.15) is 31.5 Å². The van der Waals surface area contributed by atoms with Crippen molar-refractivity contribution in [2.45, 2.75) is 40.2 Å². The summed E-state index contributed by atoms with van der Waals surface area (Å²) in [5, 5.41) is 2.87. The largest absolute Gasteiger partial charge is 0.444 e. The Morgan fingerprint density at radius 1 is 1.41 bits per heavy atom. The number of hydrogen-bond acceptors (Lipinski definition) is 4.